The molecule has 0 aromatic rings. The maximum atomic E-state index is 11.7. The lowest BCUT2D eigenvalue weighted by Gasteiger charge is -2.43. The molecular formula is C14H29N3O2. The maximum absolute atomic E-state index is 11.7. The van der Waals surface area contributed by atoms with Crippen molar-refractivity contribution in [2.45, 2.75) is 45.8 Å². The number of nitrogens with one attached hydrogen (secondary N) is 1. The van der Waals surface area contributed by atoms with E-state index in [0.717, 1.165) is 26.2 Å². The molecule has 0 bridgehead atoms. The molecule has 1 aliphatic heterocycles. The third-order valence-corrected chi connectivity index (χ3v) is 3.42. The summed E-state index contributed by atoms with van der Waals surface area (Å²) in [5, 5.41) is 2.87. The largest absolute Gasteiger partial charge is 0.444 e. The fraction of sp³-hybridized carbons (Fsp3) is 0.929. The van der Waals surface area contributed by atoms with Gasteiger partial charge in [-0.15, -0.1) is 0 Å². The predicted octanol–water partition coefficient (Wildman–Crippen LogP) is 1.54. The zero-order valence-corrected chi connectivity index (χ0v) is 13.2. The van der Waals surface area contributed by atoms with Crippen molar-refractivity contribution in [2.75, 3.05) is 39.8 Å². The topological polar surface area (TPSA) is 44.8 Å². The molecular weight excluding hydrogens is 242 g/mol. The van der Waals surface area contributed by atoms with E-state index >= 15 is 0 Å². The van der Waals surface area contributed by atoms with E-state index in [0.29, 0.717) is 6.54 Å². The van der Waals surface area contributed by atoms with Crippen LogP contribution in [0.1, 0.15) is 34.6 Å². The van der Waals surface area contributed by atoms with Crippen molar-refractivity contribution in [2.24, 2.45) is 0 Å². The number of carbonyl (C=O) groups excluding carboxylic acids is 1. The van der Waals surface area contributed by atoms with Gasteiger partial charge in [-0.3, -0.25) is 4.90 Å². The van der Waals surface area contributed by atoms with Gasteiger partial charge in [0.15, 0.2) is 0 Å². The second kappa shape index (κ2) is 6.09. The van der Waals surface area contributed by atoms with Gasteiger partial charge < -0.3 is 15.0 Å². The highest BCUT2D eigenvalue weighted by molar-refractivity contribution is 5.67. The zero-order valence-electron chi connectivity index (χ0n) is 13.2. The van der Waals surface area contributed by atoms with E-state index in [4.69, 9.17) is 4.74 Å². The summed E-state index contributed by atoms with van der Waals surface area (Å²) >= 11 is 0. The molecule has 1 aliphatic rings. The number of ether oxygens (including phenoxy) is 1. The SMILES string of the molecule is CN1CCN(C(C)(C)CNC(=O)OC(C)(C)C)CC1. The summed E-state index contributed by atoms with van der Waals surface area (Å²) in [6.45, 7) is 14.8. The standard InChI is InChI=1S/C14H29N3O2/c1-13(2,3)19-12(18)15-11-14(4,5)17-9-7-16(6)8-10-17/h7-11H2,1-6H3,(H,15,18). The van der Waals surface area contributed by atoms with Crippen molar-refractivity contribution in [3.63, 3.8) is 0 Å². The normalized spacial score (nSPS) is 19.3. The van der Waals surface area contributed by atoms with E-state index in [-0.39, 0.29) is 11.6 Å². The van der Waals surface area contributed by atoms with E-state index in [1.54, 1.807) is 0 Å². The molecule has 0 spiro atoms. The molecule has 1 heterocycles. The van der Waals surface area contributed by atoms with Crippen LogP contribution in [0.4, 0.5) is 4.79 Å². The Morgan fingerprint density at radius 2 is 1.63 bits per heavy atom. The minimum Gasteiger partial charge on any atom is -0.444 e. The van der Waals surface area contributed by atoms with Gasteiger partial charge in [0.25, 0.3) is 0 Å². The quantitative estimate of drug-likeness (QED) is 0.845. The van der Waals surface area contributed by atoms with Crippen molar-refractivity contribution in [3.8, 4) is 0 Å². The van der Waals surface area contributed by atoms with Crippen LogP contribution in [-0.4, -0.2) is 66.8 Å². The Kier molecular flexibility index (Phi) is 5.21. The van der Waals surface area contributed by atoms with E-state index < -0.39 is 5.60 Å². The van der Waals surface area contributed by atoms with Gasteiger partial charge in [0.2, 0.25) is 0 Å². The number of carbonyl (C=O) groups is 1. The molecule has 0 atom stereocenters. The van der Waals surface area contributed by atoms with Crippen LogP contribution in [0.25, 0.3) is 0 Å². The Hall–Kier alpha value is -0.810. The lowest BCUT2D eigenvalue weighted by atomic mass is 10.0. The average molecular weight is 271 g/mol. The van der Waals surface area contributed by atoms with Crippen molar-refractivity contribution in [1.82, 2.24) is 15.1 Å². The molecule has 0 aromatic carbocycles. The van der Waals surface area contributed by atoms with Crippen molar-refractivity contribution in [3.05, 3.63) is 0 Å². The first-order valence-electron chi connectivity index (χ1n) is 7.01. The van der Waals surface area contributed by atoms with Crippen LogP contribution in [0.3, 0.4) is 0 Å². The van der Waals surface area contributed by atoms with Crippen LogP contribution >= 0.6 is 0 Å². The van der Waals surface area contributed by atoms with Gasteiger partial charge in [0, 0.05) is 38.3 Å². The molecule has 0 saturated carbocycles. The number of piperazine rings is 1. The van der Waals surface area contributed by atoms with E-state index in [1.807, 2.05) is 20.8 Å². The second-order valence-corrected chi connectivity index (χ2v) is 6.96. The molecule has 19 heavy (non-hydrogen) atoms. The second-order valence-electron chi connectivity index (χ2n) is 6.96. The summed E-state index contributed by atoms with van der Waals surface area (Å²) in [5.74, 6) is 0. The van der Waals surface area contributed by atoms with E-state index in [9.17, 15) is 4.79 Å². The molecule has 5 nitrogen and oxygen atoms in total. The summed E-state index contributed by atoms with van der Waals surface area (Å²) in [6.07, 6.45) is -0.338. The summed E-state index contributed by atoms with van der Waals surface area (Å²) in [6, 6.07) is 0. The smallest absolute Gasteiger partial charge is 0.407 e. The maximum Gasteiger partial charge on any atom is 0.407 e. The average Bonchev–Trinajstić information content (AvgIpc) is 2.25. The summed E-state index contributed by atoms with van der Waals surface area (Å²) in [5.41, 5.74) is -0.486. The summed E-state index contributed by atoms with van der Waals surface area (Å²) < 4.78 is 5.26. The molecule has 1 rings (SSSR count). The monoisotopic (exact) mass is 271 g/mol. The van der Waals surface area contributed by atoms with Crippen LogP contribution in [0.2, 0.25) is 0 Å². The van der Waals surface area contributed by atoms with Gasteiger partial charge in [-0.05, 0) is 41.7 Å². The molecule has 1 saturated heterocycles. The molecule has 112 valence electrons. The van der Waals surface area contributed by atoms with Crippen molar-refractivity contribution >= 4 is 6.09 Å². The summed E-state index contributed by atoms with van der Waals surface area (Å²) in [4.78, 5) is 16.4. The van der Waals surface area contributed by atoms with E-state index in [2.05, 4.69) is 36.0 Å². The van der Waals surface area contributed by atoms with Crippen molar-refractivity contribution < 1.29 is 9.53 Å². The highest BCUT2D eigenvalue weighted by atomic mass is 16.6. The minimum atomic E-state index is -0.442. The fourth-order valence-corrected chi connectivity index (χ4v) is 2.13. The number of likely N-dealkylation sites (N-methyl/N-ethyl adjacent to an activating group) is 1. The van der Waals surface area contributed by atoms with Gasteiger partial charge in [-0.2, -0.15) is 0 Å². The first-order valence-corrected chi connectivity index (χ1v) is 7.01. The zero-order chi connectivity index (χ0) is 14.7. The van der Waals surface area contributed by atoms with Gasteiger partial charge >= 0.3 is 6.09 Å². The minimum absolute atomic E-state index is 0.0435. The van der Waals surface area contributed by atoms with Crippen LogP contribution in [0.5, 0.6) is 0 Å². The van der Waals surface area contributed by atoms with Crippen LogP contribution in [0.15, 0.2) is 0 Å². The number of hydrogen-bond donors (Lipinski definition) is 1. The lowest BCUT2D eigenvalue weighted by Crippen LogP contribution is -2.58. The predicted molar refractivity (Wildman–Crippen MR) is 77.4 cm³/mol. The van der Waals surface area contributed by atoms with Crippen LogP contribution in [-0.2, 0) is 4.74 Å². The molecule has 1 fully saturated rings. The van der Waals surface area contributed by atoms with Gasteiger partial charge in [0.05, 0.1) is 0 Å². The molecule has 0 radical (unpaired) electrons. The van der Waals surface area contributed by atoms with Crippen LogP contribution in [0, 0.1) is 0 Å². The number of rotatable bonds is 3. The summed E-state index contributed by atoms with van der Waals surface area (Å²) in [7, 11) is 2.14. The van der Waals surface area contributed by atoms with Gasteiger partial charge in [0.1, 0.15) is 5.60 Å². The van der Waals surface area contributed by atoms with E-state index in [1.165, 1.54) is 0 Å². The highest BCUT2D eigenvalue weighted by Gasteiger charge is 2.30. The first kappa shape index (κ1) is 16.2. The van der Waals surface area contributed by atoms with Crippen molar-refractivity contribution in [1.29, 1.82) is 0 Å². The Morgan fingerprint density at radius 3 is 2.11 bits per heavy atom. The number of nitrogens with zero attached hydrogens (tertiary/aromatic N) is 2. The molecule has 5 heteroatoms. The fourth-order valence-electron chi connectivity index (χ4n) is 2.13. The third-order valence-electron chi connectivity index (χ3n) is 3.42. The Morgan fingerprint density at radius 1 is 1.11 bits per heavy atom. The lowest BCUT2D eigenvalue weighted by molar-refractivity contribution is 0.0389. The molecule has 0 unspecified atom stereocenters. The molecule has 1 N–H and O–H groups in total. The molecule has 1 amide bonds. The Bertz CT molecular complexity index is 302. The Balaban J connectivity index is 2.40. The van der Waals surface area contributed by atoms with Gasteiger partial charge in [-0.1, -0.05) is 0 Å². The number of alkyl carbamates (subject to hydrolysis) is 1. The number of amides is 1. The third kappa shape index (κ3) is 5.78. The first-order chi connectivity index (χ1) is 8.60. The molecule has 0 aromatic heterocycles. The molecule has 0 aliphatic carbocycles. The highest BCUT2D eigenvalue weighted by Crippen LogP contribution is 2.16. The Labute approximate surface area is 117 Å². The number of hydrogen-bond acceptors (Lipinski definition) is 4. The van der Waals surface area contributed by atoms with Crippen LogP contribution < -0.4 is 5.32 Å². The van der Waals surface area contributed by atoms with Gasteiger partial charge in [-0.25, -0.2) is 4.79 Å².